The van der Waals surface area contributed by atoms with E-state index in [4.69, 9.17) is 9.97 Å². The molecule has 5 heterocycles. The second-order valence-electron chi connectivity index (χ2n) is 10.7. The van der Waals surface area contributed by atoms with E-state index in [1.54, 1.807) is 34.0 Å². The van der Waals surface area contributed by atoms with Gasteiger partial charge in [0.25, 0.3) is 0 Å². The van der Waals surface area contributed by atoms with Gasteiger partial charge in [0.05, 0.1) is 0 Å². The molecule has 202 valence electrons. The molecule has 0 aliphatic carbocycles. The number of benzene rings is 4. The van der Waals surface area contributed by atoms with Gasteiger partial charge in [-0.3, -0.25) is 0 Å². The molecule has 2 nitrogen and oxygen atoms in total. The predicted octanol–water partition coefficient (Wildman–Crippen LogP) is 11.9. The normalized spacial score (nSPS) is 11.7. The van der Waals surface area contributed by atoms with Crippen LogP contribution in [0, 0.1) is 0 Å². The van der Waals surface area contributed by atoms with Crippen LogP contribution in [0.4, 0.5) is 0 Å². The van der Waals surface area contributed by atoms with Crippen molar-refractivity contribution < 1.29 is 0 Å². The Kier molecular flexibility index (Phi) is 5.76. The summed E-state index contributed by atoms with van der Waals surface area (Å²) in [4.78, 5) is 16.9. The predicted molar refractivity (Wildman–Crippen MR) is 187 cm³/mol. The van der Waals surface area contributed by atoms with E-state index in [1.807, 2.05) is 0 Å². The fraction of sp³-hybridized carbons (Fsp3) is 0. The van der Waals surface area contributed by atoms with Gasteiger partial charge in [0.15, 0.2) is 0 Å². The topological polar surface area (TPSA) is 25.8 Å². The number of fused-ring (bicyclic) bond motifs is 5. The first-order valence-corrected chi connectivity index (χ1v) is 16.6. The van der Waals surface area contributed by atoms with E-state index in [-0.39, 0.29) is 0 Å². The number of nitrogens with zero attached hydrogens (tertiary/aromatic N) is 2. The van der Waals surface area contributed by atoms with Gasteiger partial charge in [-0.25, -0.2) is 9.97 Å². The van der Waals surface area contributed by atoms with Gasteiger partial charge in [-0.1, -0.05) is 121 Å². The minimum atomic E-state index is 1.05. The maximum absolute atomic E-state index is 5.10. The molecule has 9 aromatic rings. The third kappa shape index (κ3) is 4.36. The van der Waals surface area contributed by atoms with E-state index in [9.17, 15) is 0 Å². The highest BCUT2D eigenvalue weighted by atomic mass is 32.1. The first kappa shape index (κ1) is 24.9. The third-order valence-corrected chi connectivity index (χ3v) is 11.2. The highest BCUT2D eigenvalue weighted by Crippen LogP contribution is 2.42. The summed E-state index contributed by atoms with van der Waals surface area (Å²) in [5.74, 6) is 0. The molecule has 0 amide bonds. The molecule has 0 N–H and O–H groups in total. The van der Waals surface area contributed by atoms with Gasteiger partial charge in [-0.15, -0.1) is 22.7 Å². The van der Waals surface area contributed by atoms with Crippen LogP contribution in [0.3, 0.4) is 0 Å². The van der Waals surface area contributed by atoms with Crippen molar-refractivity contribution in [2.45, 2.75) is 0 Å². The van der Waals surface area contributed by atoms with Crippen LogP contribution in [0.5, 0.6) is 0 Å². The van der Waals surface area contributed by atoms with Gasteiger partial charge in [-0.05, 0) is 57.6 Å². The Hall–Kier alpha value is -4.68. The summed E-state index contributed by atoms with van der Waals surface area (Å²) in [5, 5.41) is 4.74. The van der Waals surface area contributed by atoms with Crippen LogP contribution in [-0.4, -0.2) is 9.97 Å². The van der Waals surface area contributed by atoms with Crippen LogP contribution in [-0.2, 0) is 0 Å². The average Bonchev–Trinajstić information content (AvgIpc) is 3.78. The van der Waals surface area contributed by atoms with Crippen molar-refractivity contribution in [3.8, 4) is 43.1 Å². The smallest absolute Gasteiger partial charge is 0.127 e. The maximum Gasteiger partial charge on any atom is 0.127 e. The molecular weight excluding hydrogens is 581 g/mol. The summed E-state index contributed by atoms with van der Waals surface area (Å²) in [6.07, 6.45) is 0. The van der Waals surface area contributed by atoms with Crippen molar-refractivity contribution in [3.05, 3.63) is 133 Å². The van der Waals surface area contributed by atoms with Crippen LogP contribution in [0.2, 0.25) is 0 Å². The molecule has 0 unspecified atom stereocenters. The van der Waals surface area contributed by atoms with Crippen LogP contribution in [0.15, 0.2) is 133 Å². The van der Waals surface area contributed by atoms with E-state index >= 15 is 0 Å². The van der Waals surface area contributed by atoms with E-state index < -0.39 is 0 Å². The molecule has 43 heavy (non-hydrogen) atoms. The Morgan fingerprint density at radius 3 is 1.12 bits per heavy atom. The number of thiophene rings is 3. The van der Waals surface area contributed by atoms with Gasteiger partial charge in [0, 0.05) is 31.3 Å². The van der Waals surface area contributed by atoms with E-state index in [1.165, 1.54) is 64.7 Å². The first-order valence-electron chi connectivity index (χ1n) is 14.1. The van der Waals surface area contributed by atoms with Crippen molar-refractivity contribution in [1.82, 2.24) is 9.97 Å². The SMILES string of the molecule is c1ccc(-c2ccc(-c3cc4cc5c(nc4s3)sc3nc4sc(-c6ccc(-c7ccccc7)cc6)cc4cc35)cc2)cc1. The van der Waals surface area contributed by atoms with Gasteiger partial charge in [0.1, 0.15) is 19.3 Å². The van der Waals surface area contributed by atoms with E-state index in [0.29, 0.717) is 0 Å². The van der Waals surface area contributed by atoms with Crippen LogP contribution >= 0.6 is 34.0 Å². The molecule has 0 aliphatic rings. The fourth-order valence-corrected chi connectivity index (χ4v) is 8.92. The zero-order valence-corrected chi connectivity index (χ0v) is 25.3. The van der Waals surface area contributed by atoms with Crippen molar-refractivity contribution in [3.63, 3.8) is 0 Å². The Morgan fingerprint density at radius 2 is 0.698 bits per heavy atom. The Balaban J connectivity index is 1.07. The summed E-state index contributed by atoms with van der Waals surface area (Å²) in [6, 6.07) is 47.9. The number of rotatable bonds is 4. The third-order valence-electron chi connectivity index (χ3n) is 7.98. The Bertz CT molecular complexity index is 2240. The molecule has 0 aliphatic heterocycles. The molecule has 0 atom stereocenters. The second-order valence-corrected chi connectivity index (χ2v) is 13.7. The molecule has 0 saturated heterocycles. The fourth-order valence-electron chi connectivity index (χ4n) is 5.74. The summed E-state index contributed by atoms with van der Waals surface area (Å²) in [5.41, 5.74) is 7.38. The first-order chi connectivity index (χ1) is 21.2. The summed E-state index contributed by atoms with van der Waals surface area (Å²) in [6.45, 7) is 0. The maximum atomic E-state index is 5.10. The molecule has 0 spiro atoms. The number of hydrogen-bond acceptors (Lipinski definition) is 5. The van der Waals surface area contributed by atoms with Crippen LogP contribution in [0.1, 0.15) is 0 Å². The summed E-state index contributed by atoms with van der Waals surface area (Å²) >= 11 is 5.21. The van der Waals surface area contributed by atoms with Crippen molar-refractivity contribution in [2.75, 3.05) is 0 Å². The van der Waals surface area contributed by atoms with Gasteiger partial charge < -0.3 is 0 Å². The molecule has 9 rings (SSSR count). The lowest BCUT2D eigenvalue weighted by Gasteiger charge is -2.02. The van der Waals surface area contributed by atoms with Crippen LogP contribution in [0.25, 0.3) is 84.0 Å². The molecule has 0 radical (unpaired) electrons. The standard InChI is InChI=1S/C38H22N2S3/c1-3-7-23(8-4-1)25-11-15-27(16-12-25)33-21-29-19-31-32-20-30-22-34(28-17-13-26(14-18-28)24-9-5-2-6-10-24)42-36(30)40-38(32)43-37(31)39-35(29)41-33/h1-22H. The second kappa shape index (κ2) is 9.96. The van der Waals surface area contributed by atoms with E-state index in [2.05, 4.69) is 133 Å². The molecule has 4 aromatic carbocycles. The van der Waals surface area contributed by atoms with Crippen LogP contribution < -0.4 is 0 Å². The van der Waals surface area contributed by atoms with Crippen molar-refractivity contribution in [2.24, 2.45) is 0 Å². The zero-order chi connectivity index (χ0) is 28.3. The average molecular weight is 603 g/mol. The Morgan fingerprint density at radius 1 is 0.326 bits per heavy atom. The highest BCUT2D eigenvalue weighted by molar-refractivity contribution is 7.26. The van der Waals surface area contributed by atoms with Gasteiger partial charge >= 0.3 is 0 Å². The Labute approximate surface area is 260 Å². The monoisotopic (exact) mass is 602 g/mol. The minimum Gasteiger partial charge on any atom is -0.226 e. The highest BCUT2D eigenvalue weighted by Gasteiger charge is 2.15. The summed E-state index contributed by atoms with van der Waals surface area (Å²) < 4.78 is 0. The lowest BCUT2D eigenvalue weighted by atomic mass is 10.0. The molecule has 5 heteroatoms. The quantitative estimate of drug-likeness (QED) is 0.200. The number of aromatic nitrogens is 2. The van der Waals surface area contributed by atoms with Crippen molar-refractivity contribution in [1.29, 1.82) is 0 Å². The lowest BCUT2D eigenvalue weighted by Crippen LogP contribution is -1.77. The van der Waals surface area contributed by atoms with Gasteiger partial charge in [-0.2, -0.15) is 0 Å². The molecule has 0 bridgehead atoms. The molecule has 5 aromatic heterocycles. The largest absolute Gasteiger partial charge is 0.226 e. The summed E-state index contributed by atoms with van der Waals surface area (Å²) in [7, 11) is 0. The lowest BCUT2D eigenvalue weighted by molar-refractivity contribution is 1.60. The van der Waals surface area contributed by atoms with Gasteiger partial charge in [0.2, 0.25) is 0 Å². The number of hydrogen-bond donors (Lipinski definition) is 0. The minimum absolute atomic E-state index is 1.05. The molecular formula is C38H22N2S3. The zero-order valence-electron chi connectivity index (χ0n) is 22.8. The van der Waals surface area contributed by atoms with Crippen molar-refractivity contribution >= 4 is 74.9 Å². The molecule has 0 saturated carbocycles. The van der Waals surface area contributed by atoms with E-state index in [0.717, 1.165) is 19.3 Å². The number of pyridine rings is 2. The molecule has 0 fully saturated rings.